The Hall–Kier alpha value is -0.0900. The van der Waals surface area contributed by atoms with Gasteiger partial charge in [0.05, 0.1) is 5.92 Å². The molecule has 0 aromatic carbocycles. The summed E-state index contributed by atoms with van der Waals surface area (Å²) in [4.78, 5) is 15.5. The third-order valence-electron chi connectivity index (χ3n) is 5.57. The maximum atomic E-state index is 12.3. The van der Waals surface area contributed by atoms with Gasteiger partial charge >= 0.3 is 5.97 Å². The van der Waals surface area contributed by atoms with Gasteiger partial charge in [0.2, 0.25) is 0 Å². The lowest BCUT2D eigenvalue weighted by molar-refractivity contribution is -0.157. The quantitative estimate of drug-likeness (QED) is 0.566. The zero-order valence-electron chi connectivity index (χ0n) is 12.9. The van der Waals surface area contributed by atoms with Crippen LogP contribution in [0.15, 0.2) is 0 Å². The van der Waals surface area contributed by atoms with Crippen LogP contribution in [0.2, 0.25) is 0 Å². The molecule has 2 aliphatic carbocycles. The van der Waals surface area contributed by atoms with Crippen molar-refractivity contribution in [3.8, 4) is 0 Å². The van der Waals surface area contributed by atoms with Crippen LogP contribution in [0.5, 0.6) is 0 Å². The molecule has 1 heterocycles. The summed E-state index contributed by atoms with van der Waals surface area (Å²) in [7, 11) is 0. The topological polar surface area (TPSA) is 29.5 Å². The molecule has 0 bridgehead atoms. The van der Waals surface area contributed by atoms with Gasteiger partial charge in [0.1, 0.15) is 6.10 Å². The number of nitrogens with zero attached hydrogens (tertiary/aromatic N) is 1. The third-order valence-corrected chi connectivity index (χ3v) is 6.49. The fourth-order valence-electron chi connectivity index (χ4n) is 4.18. The number of alkyl halides is 1. The second-order valence-corrected chi connectivity index (χ2v) is 8.35. The van der Waals surface area contributed by atoms with Crippen molar-refractivity contribution in [2.75, 3.05) is 13.1 Å². The van der Waals surface area contributed by atoms with E-state index in [9.17, 15) is 4.79 Å². The summed E-state index contributed by atoms with van der Waals surface area (Å²) in [5.74, 6) is 0.245. The Morgan fingerprint density at radius 1 is 0.905 bits per heavy atom. The van der Waals surface area contributed by atoms with Crippen LogP contribution in [0.3, 0.4) is 0 Å². The number of hydrogen-bond acceptors (Lipinski definition) is 3. The Bertz CT molecular complexity index is 341. The summed E-state index contributed by atoms with van der Waals surface area (Å²) in [6.07, 6.45) is 11.7. The molecule has 0 aromatic heterocycles. The normalized spacial score (nSPS) is 38.3. The molecule has 1 aliphatic heterocycles. The van der Waals surface area contributed by atoms with E-state index in [0.717, 1.165) is 44.6 Å². The highest BCUT2D eigenvalue weighted by atomic mass is 79.9. The standard InChI is InChI=1S/C17H28BrNO2/c18-14-5-3-13(4-6-14)17(20)21-16-9-7-15(8-10-16)19-11-1-2-12-19/h13-16H,1-12H2. The molecule has 21 heavy (non-hydrogen) atoms. The lowest BCUT2D eigenvalue weighted by atomic mass is 9.88. The molecule has 3 rings (SSSR count). The van der Waals surface area contributed by atoms with E-state index in [1.807, 2.05) is 0 Å². The van der Waals surface area contributed by atoms with Gasteiger partial charge in [-0.25, -0.2) is 0 Å². The molecule has 0 unspecified atom stereocenters. The predicted molar refractivity (Wildman–Crippen MR) is 87.6 cm³/mol. The van der Waals surface area contributed by atoms with Crippen LogP contribution < -0.4 is 0 Å². The number of hydrogen-bond donors (Lipinski definition) is 0. The van der Waals surface area contributed by atoms with Gasteiger partial charge in [-0.05, 0) is 77.3 Å². The van der Waals surface area contributed by atoms with Crippen molar-refractivity contribution in [3.05, 3.63) is 0 Å². The predicted octanol–water partition coefficient (Wildman–Crippen LogP) is 3.89. The lowest BCUT2D eigenvalue weighted by Crippen LogP contribution is -2.38. The number of rotatable bonds is 3. The molecule has 3 nitrogen and oxygen atoms in total. The first-order valence-electron chi connectivity index (χ1n) is 8.81. The number of carbonyl (C=O) groups is 1. The highest BCUT2D eigenvalue weighted by Gasteiger charge is 2.32. The number of esters is 1. The Morgan fingerprint density at radius 3 is 2.14 bits per heavy atom. The van der Waals surface area contributed by atoms with Gasteiger partial charge in [-0.3, -0.25) is 4.79 Å². The summed E-state index contributed by atoms with van der Waals surface area (Å²) in [6.45, 7) is 2.57. The molecule has 120 valence electrons. The molecule has 4 heteroatoms. The zero-order chi connectivity index (χ0) is 14.7. The molecule has 0 spiro atoms. The van der Waals surface area contributed by atoms with Crippen LogP contribution in [0.25, 0.3) is 0 Å². The first-order chi connectivity index (χ1) is 10.2. The van der Waals surface area contributed by atoms with E-state index in [0.29, 0.717) is 4.83 Å². The van der Waals surface area contributed by atoms with E-state index in [4.69, 9.17) is 4.74 Å². The molecule has 0 radical (unpaired) electrons. The second-order valence-electron chi connectivity index (χ2n) is 7.06. The Balaban J connectivity index is 1.39. The minimum atomic E-state index is 0.0824. The van der Waals surface area contributed by atoms with Gasteiger partial charge < -0.3 is 9.64 Å². The fourth-order valence-corrected chi connectivity index (χ4v) is 4.71. The average Bonchev–Trinajstić information content (AvgIpc) is 3.03. The van der Waals surface area contributed by atoms with Gasteiger partial charge in [-0.1, -0.05) is 15.9 Å². The van der Waals surface area contributed by atoms with Crippen molar-refractivity contribution in [2.45, 2.75) is 81.2 Å². The average molecular weight is 358 g/mol. The van der Waals surface area contributed by atoms with Crippen molar-refractivity contribution < 1.29 is 9.53 Å². The molecule has 2 saturated carbocycles. The van der Waals surface area contributed by atoms with Gasteiger partial charge in [0.15, 0.2) is 0 Å². The SMILES string of the molecule is O=C(OC1CCC(N2CCCC2)CC1)C1CCC(Br)CC1. The largest absolute Gasteiger partial charge is 0.462 e. The zero-order valence-corrected chi connectivity index (χ0v) is 14.5. The lowest BCUT2D eigenvalue weighted by Gasteiger charge is -2.35. The molecule has 1 saturated heterocycles. The van der Waals surface area contributed by atoms with E-state index < -0.39 is 0 Å². The van der Waals surface area contributed by atoms with E-state index in [-0.39, 0.29) is 18.0 Å². The number of halogens is 1. The van der Waals surface area contributed by atoms with Crippen molar-refractivity contribution in [1.29, 1.82) is 0 Å². The van der Waals surface area contributed by atoms with Crippen LogP contribution in [-0.4, -0.2) is 40.9 Å². The molecule has 0 atom stereocenters. The monoisotopic (exact) mass is 357 g/mol. The van der Waals surface area contributed by atoms with Crippen molar-refractivity contribution >= 4 is 21.9 Å². The van der Waals surface area contributed by atoms with Crippen LogP contribution in [0.1, 0.15) is 64.2 Å². The maximum Gasteiger partial charge on any atom is 0.309 e. The number of ether oxygens (including phenoxy) is 1. The van der Waals surface area contributed by atoms with E-state index in [1.165, 1.54) is 38.8 Å². The van der Waals surface area contributed by atoms with Gasteiger partial charge in [-0.2, -0.15) is 0 Å². The summed E-state index contributed by atoms with van der Waals surface area (Å²) in [5.41, 5.74) is 0. The van der Waals surface area contributed by atoms with Crippen molar-refractivity contribution in [1.82, 2.24) is 4.90 Å². The van der Waals surface area contributed by atoms with E-state index in [2.05, 4.69) is 20.8 Å². The minimum absolute atomic E-state index is 0.0824. The van der Waals surface area contributed by atoms with Gasteiger partial charge in [-0.15, -0.1) is 0 Å². The first-order valence-corrected chi connectivity index (χ1v) is 9.72. The van der Waals surface area contributed by atoms with Crippen LogP contribution >= 0.6 is 15.9 Å². The highest BCUT2D eigenvalue weighted by Crippen LogP contribution is 2.32. The van der Waals surface area contributed by atoms with Crippen molar-refractivity contribution in [3.63, 3.8) is 0 Å². The molecule has 0 aromatic rings. The second kappa shape index (κ2) is 7.45. The first kappa shape index (κ1) is 15.8. The summed E-state index contributed by atoms with van der Waals surface area (Å²) in [5, 5.41) is 0. The fraction of sp³-hybridized carbons (Fsp3) is 0.941. The van der Waals surface area contributed by atoms with Crippen LogP contribution in [0.4, 0.5) is 0 Å². The molecule has 3 aliphatic rings. The molecular weight excluding hydrogens is 330 g/mol. The maximum absolute atomic E-state index is 12.3. The summed E-state index contributed by atoms with van der Waals surface area (Å²) < 4.78 is 5.80. The molecule has 0 amide bonds. The number of likely N-dealkylation sites (tertiary alicyclic amines) is 1. The van der Waals surface area contributed by atoms with Gasteiger partial charge in [0, 0.05) is 10.9 Å². The Kier molecular flexibility index (Phi) is 5.60. The van der Waals surface area contributed by atoms with Crippen LogP contribution in [-0.2, 0) is 9.53 Å². The van der Waals surface area contributed by atoms with E-state index >= 15 is 0 Å². The van der Waals surface area contributed by atoms with Gasteiger partial charge in [0.25, 0.3) is 0 Å². The third kappa shape index (κ3) is 4.22. The summed E-state index contributed by atoms with van der Waals surface area (Å²) in [6, 6.07) is 0.756. The molecular formula is C17H28BrNO2. The van der Waals surface area contributed by atoms with Crippen LogP contribution in [0, 0.1) is 5.92 Å². The Morgan fingerprint density at radius 2 is 1.52 bits per heavy atom. The highest BCUT2D eigenvalue weighted by molar-refractivity contribution is 9.09. The Labute approximate surface area is 136 Å². The van der Waals surface area contributed by atoms with E-state index in [1.54, 1.807) is 0 Å². The number of carbonyl (C=O) groups excluding carboxylic acids is 1. The summed E-state index contributed by atoms with van der Waals surface area (Å²) >= 11 is 3.65. The van der Waals surface area contributed by atoms with Crippen molar-refractivity contribution in [2.24, 2.45) is 5.92 Å². The molecule has 3 fully saturated rings. The molecule has 0 N–H and O–H groups in total. The smallest absolute Gasteiger partial charge is 0.309 e. The minimum Gasteiger partial charge on any atom is -0.462 e.